The predicted molar refractivity (Wildman–Crippen MR) is 75.5 cm³/mol. The van der Waals surface area contributed by atoms with E-state index in [-0.39, 0.29) is 0 Å². The third kappa shape index (κ3) is 3.45. The topological polar surface area (TPSA) is 24.9 Å². The molecule has 1 aromatic carbocycles. The van der Waals surface area contributed by atoms with Gasteiger partial charge in [-0.05, 0) is 52.7 Å². The first kappa shape index (κ1) is 12.4. The summed E-state index contributed by atoms with van der Waals surface area (Å²) >= 11 is 9.35. The second-order valence-electron chi connectivity index (χ2n) is 3.79. The molecule has 0 unspecified atom stereocenters. The number of aromatic nitrogens is 1. The highest BCUT2D eigenvalue weighted by Gasteiger charge is 2.00. The van der Waals surface area contributed by atoms with Crippen molar-refractivity contribution in [3.05, 3.63) is 57.3 Å². The van der Waals surface area contributed by atoms with E-state index in [1.54, 1.807) is 0 Å². The van der Waals surface area contributed by atoms with Gasteiger partial charge < -0.3 is 5.32 Å². The van der Waals surface area contributed by atoms with Crippen molar-refractivity contribution in [2.45, 2.75) is 13.5 Å². The molecule has 2 aromatic rings. The molecule has 0 bridgehead atoms. The summed E-state index contributed by atoms with van der Waals surface area (Å²) in [6.45, 7) is 2.72. The van der Waals surface area contributed by atoms with Crippen molar-refractivity contribution in [1.82, 2.24) is 4.98 Å². The summed E-state index contributed by atoms with van der Waals surface area (Å²) in [5.74, 6) is 0. The molecule has 0 aliphatic heterocycles. The first-order chi connectivity index (χ1) is 8.15. The van der Waals surface area contributed by atoms with E-state index in [9.17, 15) is 0 Å². The normalized spacial score (nSPS) is 10.3. The van der Waals surface area contributed by atoms with Crippen LogP contribution in [0.1, 0.15) is 11.3 Å². The molecular weight excluding hydrogens is 300 g/mol. The number of anilines is 1. The van der Waals surface area contributed by atoms with Gasteiger partial charge in [0.05, 0.1) is 0 Å². The first-order valence-electron chi connectivity index (χ1n) is 5.25. The lowest BCUT2D eigenvalue weighted by molar-refractivity contribution is 1.08. The summed E-state index contributed by atoms with van der Waals surface area (Å²) in [7, 11) is 0. The molecule has 0 spiro atoms. The van der Waals surface area contributed by atoms with Crippen molar-refractivity contribution in [1.29, 1.82) is 0 Å². The van der Waals surface area contributed by atoms with Crippen LogP contribution in [0.25, 0.3) is 0 Å². The number of hydrogen-bond donors (Lipinski definition) is 1. The Morgan fingerprint density at radius 1 is 1.29 bits per heavy atom. The average molecular weight is 312 g/mol. The van der Waals surface area contributed by atoms with Crippen LogP contribution in [0.4, 0.5) is 5.69 Å². The lowest BCUT2D eigenvalue weighted by Crippen LogP contribution is -2.00. The molecular formula is C13H12BrClN2. The molecule has 4 heteroatoms. The number of aryl methyl sites for hydroxylation is 1. The second kappa shape index (κ2) is 5.52. The van der Waals surface area contributed by atoms with Crippen molar-refractivity contribution in [2.75, 3.05) is 5.32 Å². The summed E-state index contributed by atoms with van der Waals surface area (Å²) < 4.78 is 0.963. The van der Waals surface area contributed by atoms with Crippen LogP contribution in [0.15, 0.2) is 41.0 Å². The molecule has 1 heterocycles. The highest BCUT2D eigenvalue weighted by Crippen LogP contribution is 2.26. The Balaban J connectivity index is 2.04. The van der Waals surface area contributed by atoms with Crippen LogP contribution in [0.2, 0.25) is 5.02 Å². The van der Waals surface area contributed by atoms with E-state index in [4.69, 9.17) is 11.6 Å². The Labute approximate surface area is 114 Å². The van der Waals surface area contributed by atoms with Crippen molar-refractivity contribution in [2.24, 2.45) is 0 Å². The first-order valence-corrected chi connectivity index (χ1v) is 6.43. The fraction of sp³-hybridized carbons (Fsp3) is 0.154. The molecule has 1 N–H and O–H groups in total. The fourth-order valence-corrected chi connectivity index (χ4v) is 2.26. The van der Waals surface area contributed by atoms with Crippen molar-refractivity contribution in [3.63, 3.8) is 0 Å². The molecule has 0 amide bonds. The number of benzene rings is 1. The third-order valence-electron chi connectivity index (χ3n) is 2.39. The highest BCUT2D eigenvalue weighted by atomic mass is 79.9. The molecule has 1 aromatic heterocycles. The van der Waals surface area contributed by atoms with Gasteiger partial charge in [0, 0.05) is 33.6 Å². The Bertz CT molecular complexity index is 511. The van der Waals surface area contributed by atoms with Gasteiger partial charge in [-0.25, -0.2) is 0 Å². The molecule has 0 aliphatic carbocycles. The minimum absolute atomic E-state index is 0.722. The van der Waals surface area contributed by atoms with Crippen LogP contribution in [0, 0.1) is 6.92 Å². The van der Waals surface area contributed by atoms with E-state index in [0.717, 1.165) is 33.0 Å². The number of hydrogen-bond acceptors (Lipinski definition) is 2. The van der Waals surface area contributed by atoms with Crippen molar-refractivity contribution >= 4 is 33.2 Å². The summed E-state index contributed by atoms with van der Waals surface area (Å²) in [5, 5.41) is 4.05. The van der Waals surface area contributed by atoms with Crippen LogP contribution in [-0.4, -0.2) is 4.98 Å². The standard InChI is InChI=1S/C13H12BrClN2/c1-9-2-3-10(7-16-9)8-17-13-5-4-11(15)6-12(13)14/h2-7,17H,8H2,1H3. The summed E-state index contributed by atoms with van der Waals surface area (Å²) in [4.78, 5) is 4.26. The molecule has 0 saturated carbocycles. The zero-order chi connectivity index (χ0) is 12.3. The highest BCUT2D eigenvalue weighted by molar-refractivity contribution is 9.10. The predicted octanol–water partition coefficient (Wildman–Crippen LogP) is 4.42. The number of pyridine rings is 1. The number of rotatable bonds is 3. The summed E-state index contributed by atoms with van der Waals surface area (Å²) in [5.41, 5.74) is 3.20. The fourth-order valence-electron chi connectivity index (χ4n) is 1.43. The second-order valence-corrected chi connectivity index (χ2v) is 5.08. The van der Waals surface area contributed by atoms with Crippen LogP contribution in [0.5, 0.6) is 0 Å². The maximum absolute atomic E-state index is 5.88. The Morgan fingerprint density at radius 3 is 2.76 bits per heavy atom. The van der Waals surface area contributed by atoms with E-state index in [2.05, 4.69) is 32.3 Å². The average Bonchev–Trinajstić information content (AvgIpc) is 2.30. The van der Waals surface area contributed by atoms with E-state index >= 15 is 0 Å². The third-order valence-corrected chi connectivity index (χ3v) is 3.28. The molecule has 0 fully saturated rings. The van der Waals surface area contributed by atoms with Gasteiger partial charge in [-0.15, -0.1) is 0 Å². The SMILES string of the molecule is Cc1ccc(CNc2ccc(Cl)cc2Br)cn1. The molecule has 17 heavy (non-hydrogen) atoms. The van der Waals surface area contributed by atoms with Crippen molar-refractivity contribution in [3.8, 4) is 0 Å². The van der Waals surface area contributed by atoms with Gasteiger partial charge in [0.25, 0.3) is 0 Å². The van der Waals surface area contributed by atoms with Gasteiger partial charge in [0.2, 0.25) is 0 Å². The summed E-state index contributed by atoms with van der Waals surface area (Å²) in [6.07, 6.45) is 1.88. The van der Waals surface area contributed by atoms with E-state index < -0.39 is 0 Å². The smallest absolute Gasteiger partial charge is 0.0488 e. The Kier molecular flexibility index (Phi) is 4.02. The largest absolute Gasteiger partial charge is 0.380 e. The number of nitrogens with one attached hydrogen (secondary N) is 1. The minimum Gasteiger partial charge on any atom is -0.380 e. The van der Waals surface area contributed by atoms with E-state index in [1.165, 1.54) is 0 Å². The van der Waals surface area contributed by atoms with Crippen LogP contribution < -0.4 is 5.32 Å². The van der Waals surface area contributed by atoms with Gasteiger partial charge in [-0.2, -0.15) is 0 Å². The Hall–Kier alpha value is -1.06. The number of nitrogens with zero attached hydrogens (tertiary/aromatic N) is 1. The van der Waals surface area contributed by atoms with Gasteiger partial charge in [0.15, 0.2) is 0 Å². The van der Waals surface area contributed by atoms with Crippen LogP contribution in [-0.2, 0) is 6.54 Å². The van der Waals surface area contributed by atoms with Crippen molar-refractivity contribution < 1.29 is 0 Å². The molecule has 0 radical (unpaired) electrons. The van der Waals surface area contributed by atoms with E-state index in [0.29, 0.717) is 0 Å². The lowest BCUT2D eigenvalue weighted by atomic mass is 10.2. The van der Waals surface area contributed by atoms with E-state index in [1.807, 2.05) is 37.4 Å². The number of halogens is 2. The van der Waals surface area contributed by atoms with Crippen LogP contribution >= 0.6 is 27.5 Å². The zero-order valence-corrected chi connectivity index (χ0v) is 11.7. The minimum atomic E-state index is 0.722. The van der Waals surface area contributed by atoms with Crippen LogP contribution in [0.3, 0.4) is 0 Å². The molecule has 2 nitrogen and oxygen atoms in total. The monoisotopic (exact) mass is 310 g/mol. The Morgan fingerprint density at radius 2 is 2.12 bits per heavy atom. The molecule has 0 saturated heterocycles. The van der Waals surface area contributed by atoms with Gasteiger partial charge in [0.1, 0.15) is 0 Å². The molecule has 0 aliphatic rings. The zero-order valence-electron chi connectivity index (χ0n) is 9.37. The molecule has 2 rings (SSSR count). The molecule has 0 atom stereocenters. The molecule has 88 valence electrons. The quantitative estimate of drug-likeness (QED) is 0.907. The lowest BCUT2D eigenvalue weighted by Gasteiger charge is -2.08. The van der Waals surface area contributed by atoms with Gasteiger partial charge in [-0.3, -0.25) is 4.98 Å². The maximum Gasteiger partial charge on any atom is 0.0488 e. The summed E-state index contributed by atoms with van der Waals surface area (Å²) in [6, 6.07) is 9.76. The van der Waals surface area contributed by atoms with Gasteiger partial charge in [-0.1, -0.05) is 17.7 Å². The van der Waals surface area contributed by atoms with Gasteiger partial charge >= 0.3 is 0 Å². The maximum atomic E-state index is 5.88.